The number of aromatic nitrogens is 2. The molecule has 0 bridgehead atoms. The number of ether oxygens (including phenoxy) is 1. The number of benzene rings is 1. The summed E-state index contributed by atoms with van der Waals surface area (Å²) in [6.45, 7) is 7.70. The minimum absolute atomic E-state index is 0.281. The number of hydrogen-bond donors (Lipinski definition) is 0. The number of piperidine rings is 1. The van der Waals surface area contributed by atoms with E-state index in [1.807, 2.05) is 19.1 Å². The Morgan fingerprint density at radius 3 is 2.59 bits per heavy atom. The van der Waals surface area contributed by atoms with Crippen LogP contribution < -0.4 is 4.90 Å². The molecule has 2 saturated heterocycles. The molecule has 2 aliphatic heterocycles. The van der Waals surface area contributed by atoms with Crippen LogP contribution in [0.4, 0.5) is 6.01 Å². The van der Waals surface area contributed by atoms with Crippen molar-refractivity contribution in [2.45, 2.75) is 51.3 Å². The number of morpholine rings is 1. The van der Waals surface area contributed by atoms with Crippen LogP contribution >= 0.6 is 11.6 Å². The van der Waals surface area contributed by atoms with Gasteiger partial charge in [0.15, 0.2) is 5.82 Å². The van der Waals surface area contributed by atoms with Crippen LogP contribution in [-0.4, -0.2) is 59.5 Å². The molecular weight excluding hydrogens is 364 g/mol. The van der Waals surface area contributed by atoms with Gasteiger partial charge in [-0.25, -0.2) is 0 Å². The van der Waals surface area contributed by atoms with Gasteiger partial charge in [-0.2, -0.15) is 4.98 Å². The van der Waals surface area contributed by atoms with Gasteiger partial charge in [-0.1, -0.05) is 28.9 Å². The second kappa shape index (κ2) is 8.17. The summed E-state index contributed by atoms with van der Waals surface area (Å²) in [7, 11) is 0. The van der Waals surface area contributed by atoms with Crippen molar-refractivity contribution in [1.82, 2.24) is 15.0 Å². The van der Waals surface area contributed by atoms with Gasteiger partial charge in [0, 0.05) is 36.7 Å². The van der Waals surface area contributed by atoms with Crippen LogP contribution in [0.25, 0.3) is 0 Å². The average molecular weight is 391 g/mol. The van der Waals surface area contributed by atoms with Gasteiger partial charge < -0.3 is 14.2 Å². The number of anilines is 1. The maximum atomic E-state index is 6.03. The molecule has 1 aromatic carbocycles. The monoisotopic (exact) mass is 390 g/mol. The summed E-state index contributed by atoms with van der Waals surface area (Å²) in [6.07, 6.45) is 3.48. The highest BCUT2D eigenvalue weighted by molar-refractivity contribution is 6.30. The minimum atomic E-state index is 0.281. The topological polar surface area (TPSA) is 54.6 Å². The van der Waals surface area contributed by atoms with Crippen molar-refractivity contribution in [2.75, 3.05) is 31.1 Å². The zero-order valence-corrected chi connectivity index (χ0v) is 16.7. The SMILES string of the molecule is Cc1noc(N2CCC(N3C[C@H](C)OC[C@@H]3Cc3ccc(Cl)cc3)CC2)n1. The summed E-state index contributed by atoms with van der Waals surface area (Å²) in [4.78, 5) is 9.23. The zero-order valence-electron chi connectivity index (χ0n) is 16.0. The van der Waals surface area contributed by atoms with E-state index in [2.05, 4.69) is 39.0 Å². The highest BCUT2D eigenvalue weighted by Gasteiger charge is 2.34. The van der Waals surface area contributed by atoms with E-state index < -0.39 is 0 Å². The quantitative estimate of drug-likeness (QED) is 0.798. The number of hydrogen-bond acceptors (Lipinski definition) is 6. The van der Waals surface area contributed by atoms with Crippen LogP contribution in [0.5, 0.6) is 0 Å². The summed E-state index contributed by atoms with van der Waals surface area (Å²) in [5.74, 6) is 0.692. The first kappa shape index (κ1) is 18.7. The van der Waals surface area contributed by atoms with Gasteiger partial charge in [0.25, 0.3) is 0 Å². The molecule has 1 aromatic heterocycles. The Bertz CT molecular complexity index is 743. The van der Waals surface area contributed by atoms with Gasteiger partial charge >= 0.3 is 6.01 Å². The lowest BCUT2D eigenvalue weighted by Gasteiger charge is -2.46. The molecule has 0 saturated carbocycles. The fourth-order valence-electron chi connectivity index (χ4n) is 4.19. The van der Waals surface area contributed by atoms with Crippen molar-refractivity contribution in [3.63, 3.8) is 0 Å². The molecule has 2 aromatic rings. The molecule has 0 N–H and O–H groups in total. The van der Waals surface area contributed by atoms with E-state index in [1.54, 1.807) is 0 Å². The van der Waals surface area contributed by atoms with E-state index in [9.17, 15) is 0 Å². The number of halogens is 1. The third-order valence-corrected chi connectivity index (χ3v) is 5.87. The third-order valence-electron chi connectivity index (χ3n) is 5.62. The predicted molar refractivity (Wildman–Crippen MR) is 105 cm³/mol. The molecule has 0 amide bonds. The van der Waals surface area contributed by atoms with Gasteiger partial charge in [-0.3, -0.25) is 4.90 Å². The van der Waals surface area contributed by atoms with Gasteiger partial charge in [0.1, 0.15) is 0 Å². The summed E-state index contributed by atoms with van der Waals surface area (Å²) in [6, 6.07) is 9.81. The molecule has 27 heavy (non-hydrogen) atoms. The Kier molecular flexibility index (Phi) is 5.66. The van der Waals surface area contributed by atoms with Crippen molar-refractivity contribution >= 4 is 17.6 Å². The molecule has 4 rings (SSSR count). The maximum absolute atomic E-state index is 6.03. The molecule has 0 spiro atoms. The second-order valence-corrected chi connectivity index (χ2v) is 8.10. The van der Waals surface area contributed by atoms with Gasteiger partial charge in [-0.05, 0) is 50.8 Å². The lowest BCUT2D eigenvalue weighted by atomic mass is 9.96. The van der Waals surface area contributed by atoms with Crippen LogP contribution in [0.1, 0.15) is 31.2 Å². The molecule has 7 heteroatoms. The highest BCUT2D eigenvalue weighted by atomic mass is 35.5. The van der Waals surface area contributed by atoms with Crippen molar-refractivity contribution in [3.8, 4) is 0 Å². The normalized spacial score (nSPS) is 25.1. The Labute approximate surface area is 165 Å². The highest BCUT2D eigenvalue weighted by Crippen LogP contribution is 2.27. The smallest absolute Gasteiger partial charge is 0.324 e. The van der Waals surface area contributed by atoms with E-state index >= 15 is 0 Å². The van der Waals surface area contributed by atoms with Crippen molar-refractivity contribution in [1.29, 1.82) is 0 Å². The van der Waals surface area contributed by atoms with Gasteiger partial charge in [0.2, 0.25) is 0 Å². The molecular formula is C20H27ClN4O2. The molecule has 0 unspecified atom stereocenters. The van der Waals surface area contributed by atoms with E-state index in [0.717, 1.165) is 50.5 Å². The maximum Gasteiger partial charge on any atom is 0.324 e. The van der Waals surface area contributed by atoms with E-state index in [0.29, 0.717) is 23.9 Å². The van der Waals surface area contributed by atoms with Crippen LogP contribution in [0.15, 0.2) is 28.8 Å². The van der Waals surface area contributed by atoms with Crippen molar-refractivity contribution in [3.05, 3.63) is 40.7 Å². The lowest BCUT2D eigenvalue weighted by molar-refractivity contribution is -0.0745. The first-order chi connectivity index (χ1) is 13.1. The van der Waals surface area contributed by atoms with E-state index in [-0.39, 0.29) is 6.10 Å². The van der Waals surface area contributed by atoms with E-state index in [4.69, 9.17) is 20.9 Å². The summed E-state index contributed by atoms with van der Waals surface area (Å²) in [5, 5.41) is 4.70. The molecule has 6 nitrogen and oxygen atoms in total. The van der Waals surface area contributed by atoms with Gasteiger partial charge in [0.05, 0.1) is 12.7 Å². The number of rotatable bonds is 4. The third kappa shape index (κ3) is 4.45. The molecule has 0 aliphatic carbocycles. The molecule has 2 atom stereocenters. The Morgan fingerprint density at radius 1 is 1.19 bits per heavy atom. The largest absolute Gasteiger partial charge is 0.376 e. The number of aryl methyl sites for hydroxylation is 1. The minimum Gasteiger partial charge on any atom is -0.376 e. The number of nitrogens with zero attached hydrogens (tertiary/aromatic N) is 4. The predicted octanol–water partition coefficient (Wildman–Crippen LogP) is 3.33. The Hall–Kier alpha value is -1.63. The average Bonchev–Trinajstić information content (AvgIpc) is 3.11. The molecule has 0 radical (unpaired) electrons. The summed E-state index contributed by atoms with van der Waals surface area (Å²) < 4.78 is 11.3. The zero-order chi connectivity index (χ0) is 18.8. The molecule has 2 aliphatic rings. The first-order valence-electron chi connectivity index (χ1n) is 9.75. The van der Waals surface area contributed by atoms with E-state index in [1.165, 1.54) is 5.56 Å². The lowest BCUT2D eigenvalue weighted by Crippen LogP contribution is -2.56. The molecule has 2 fully saturated rings. The van der Waals surface area contributed by atoms with Crippen molar-refractivity contribution < 1.29 is 9.26 Å². The van der Waals surface area contributed by atoms with Crippen LogP contribution in [0.3, 0.4) is 0 Å². The Balaban J connectivity index is 1.41. The fourth-order valence-corrected chi connectivity index (χ4v) is 4.32. The van der Waals surface area contributed by atoms with Crippen molar-refractivity contribution in [2.24, 2.45) is 0 Å². The van der Waals surface area contributed by atoms with Crippen LogP contribution in [-0.2, 0) is 11.2 Å². The van der Waals surface area contributed by atoms with Crippen LogP contribution in [0.2, 0.25) is 5.02 Å². The fraction of sp³-hybridized carbons (Fsp3) is 0.600. The van der Waals surface area contributed by atoms with Gasteiger partial charge in [-0.15, -0.1) is 0 Å². The summed E-state index contributed by atoms with van der Waals surface area (Å²) in [5.41, 5.74) is 1.31. The molecule has 3 heterocycles. The first-order valence-corrected chi connectivity index (χ1v) is 10.1. The van der Waals surface area contributed by atoms with Crippen LogP contribution in [0, 0.1) is 6.92 Å². The summed E-state index contributed by atoms with van der Waals surface area (Å²) >= 11 is 6.03. The molecule has 146 valence electrons. The Morgan fingerprint density at radius 2 is 1.93 bits per heavy atom. The standard InChI is InChI=1S/C20H27ClN4O2/c1-14-12-25(19(13-26-14)11-16-3-5-17(21)6-4-16)18-7-9-24(10-8-18)20-22-15(2)23-27-20/h3-6,14,18-19H,7-13H2,1-2H3/t14-,19-/m0/s1. The second-order valence-electron chi connectivity index (χ2n) is 7.67.